The number of fused-ring (bicyclic) bond motifs is 2. The maximum atomic E-state index is 5.77. The van der Waals surface area contributed by atoms with Crippen LogP contribution in [0.4, 0.5) is 11.8 Å². The van der Waals surface area contributed by atoms with Crippen LogP contribution in [0.15, 0.2) is 77.5 Å². The number of furan rings is 1. The number of benzene rings is 2. The molecule has 0 bridgehead atoms. The minimum Gasteiger partial charge on any atom is -0.464 e. The molecule has 0 spiro atoms. The Kier molecular flexibility index (Phi) is 5.08. The first-order chi connectivity index (χ1) is 16.3. The van der Waals surface area contributed by atoms with Gasteiger partial charge in [-0.15, -0.1) is 0 Å². The second-order valence-corrected chi connectivity index (χ2v) is 8.02. The van der Waals surface area contributed by atoms with Crippen molar-refractivity contribution in [2.24, 2.45) is 0 Å². The third-order valence-electron chi connectivity index (χ3n) is 5.93. The van der Waals surface area contributed by atoms with Crippen molar-refractivity contribution in [3.05, 3.63) is 78.8 Å². The van der Waals surface area contributed by atoms with Crippen LogP contribution in [-0.4, -0.2) is 41.3 Å². The van der Waals surface area contributed by atoms with Gasteiger partial charge in [-0.1, -0.05) is 30.3 Å². The Morgan fingerprint density at radius 1 is 0.909 bits per heavy atom. The molecule has 4 heterocycles. The summed E-state index contributed by atoms with van der Waals surface area (Å²) in [4.78, 5) is 16.4. The molecule has 164 valence electrons. The molecule has 0 saturated carbocycles. The summed E-state index contributed by atoms with van der Waals surface area (Å²) in [6, 6.07) is 20.3. The van der Waals surface area contributed by atoms with Crippen LogP contribution in [0.25, 0.3) is 33.0 Å². The van der Waals surface area contributed by atoms with Crippen molar-refractivity contribution < 1.29 is 9.15 Å². The predicted molar refractivity (Wildman–Crippen MR) is 129 cm³/mol. The average Bonchev–Trinajstić information content (AvgIpc) is 3.32. The van der Waals surface area contributed by atoms with E-state index in [0.717, 1.165) is 57.6 Å². The van der Waals surface area contributed by atoms with Crippen LogP contribution in [-0.2, 0) is 11.3 Å². The van der Waals surface area contributed by atoms with Crippen LogP contribution in [0, 0.1) is 0 Å². The highest BCUT2D eigenvalue weighted by Gasteiger charge is 2.18. The number of hydrogen-bond donors (Lipinski definition) is 1. The molecule has 0 atom stereocenters. The fourth-order valence-corrected chi connectivity index (χ4v) is 4.20. The second kappa shape index (κ2) is 8.52. The summed E-state index contributed by atoms with van der Waals surface area (Å²) in [5, 5.41) is 5.54. The third kappa shape index (κ3) is 3.87. The van der Waals surface area contributed by atoms with E-state index < -0.39 is 0 Å². The number of pyridine rings is 1. The molecular weight excluding hydrogens is 414 g/mol. The molecular formula is C26H23N5O2. The summed E-state index contributed by atoms with van der Waals surface area (Å²) in [5.41, 5.74) is 4.84. The van der Waals surface area contributed by atoms with Gasteiger partial charge in [-0.2, -0.15) is 4.98 Å². The monoisotopic (exact) mass is 437 g/mol. The Morgan fingerprint density at radius 2 is 1.79 bits per heavy atom. The van der Waals surface area contributed by atoms with E-state index in [1.807, 2.05) is 42.7 Å². The number of rotatable bonds is 5. The number of para-hydroxylation sites is 1. The molecule has 3 aromatic heterocycles. The predicted octanol–water partition coefficient (Wildman–Crippen LogP) is 4.89. The summed E-state index contributed by atoms with van der Waals surface area (Å²) < 4.78 is 11.3. The van der Waals surface area contributed by atoms with Gasteiger partial charge in [0.2, 0.25) is 5.95 Å². The van der Waals surface area contributed by atoms with Crippen LogP contribution >= 0.6 is 0 Å². The van der Waals surface area contributed by atoms with Crippen LogP contribution in [0.3, 0.4) is 0 Å². The summed E-state index contributed by atoms with van der Waals surface area (Å²) in [6.07, 6.45) is 3.62. The van der Waals surface area contributed by atoms with Crippen molar-refractivity contribution in [3.8, 4) is 11.1 Å². The summed E-state index contributed by atoms with van der Waals surface area (Å²) in [6.45, 7) is 3.50. The van der Waals surface area contributed by atoms with Crippen molar-refractivity contribution in [2.75, 3.05) is 36.5 Å². The summed E-state index contributed by atoms with van der Waals surface area (Å²) >= 11 is 0. The molecule has 0 amide bonds. The topological polar surface area (TPSA) is 76.3 Å². The quantitative estimate of drug-likeness (QED) is 0.420. The maximum Gasteiger partial charge on any atom is 0.228 e. The Bertz CT molecular complexity index is 1410. The zero-order valence-corrected chi connectivity index (χ0v) is 18.1. The zero-order chi connectivity index (χ0) is 22.0. The van der Waals surface area contributed by atoms with Gasteiger partial charge in [-0.25, -0.2) is 4.98 Å². The maximum absolute atomic E-state index is 5.77. The van der Waals surface area contributed by atoms with Crippen LogP contribution in [0.1, 0.15) is 5.69 Å². The minimum atomic E-state index is 0.587. The number of morpholine rings is 1. The zero-order valence-electron chi connectivity index (χ0n) is 18.1. The molecule has 5 aromatic rings. The molecule has 0 aliphatic carbocycles. The lowest BCUT2D eigenvalue weighted by Gasteiger charge is -2.27. The Hall–Kier alpha value is -3.97. The first-order valence-corrected chi connectivity index (χ1v) is 11.1. The van der Waals surface area contributed by atoms with E-state index >= 15 is 0 Å². The highest BCUT2D eigenvalue weighted by Crippen LogP contribution is 2.34. The number of ether oxygens (including phenoxy) is 1. The fraction of sp³-hybridized carbons (Fsp3) is 0.192. The van der Waals surface area contributed by atoms with Crippen molar-refractivity contribution in [3.63, 3.8) is 0 Å². The largest absolute Gasteiger partial charge is 0.464 e. The van der Waals surface area contributed by atoms with E-state index in [-0.39, 0.29) is 0 Å². The fourth-order valence-electron chi connectivity index (χ4n) is 4.20. The van der Waals surface area contributed by atoms with Crippen LogP contribution < -0.4 is 10.2 Å². The Labute approximate surface area is 191 Å². The van der Waals surface area contributed by atoms with Gasteiger partial charge < -0.3 is 19.4 Å². The lowest BCUT2D eigenvalue weighted by atomic mass is 10.0. The van der Waals surface area contributed by atoms with Gasteiger partial charge in [0.05, 0.1) is 37.2 Å². The average molecular weight is 438 g/mol. The molecule has 7 nitrogen and oxygen atoms in total. The van der Waals surface area contributed by atoms with Gasteiger partial charge in [0.1, 0.15) is 11.4 Å². The minimum absolute atomic E-state index is 0.587. The molecule has 33 heavy (non-hydrogen) atoms. The number of nitrogens with zero attached hydrogens (tertiary/aromatic N) is 4. The van der Waals surface area contributed by atoms with Crippen molar-refractivity contribution in [1.82, 2.24) is 15.0 Å². The highest BCUT2D eigenvalue weighted by atomic mass is 16.5. The lowest BCUT2D eigenvalue weighted by Crippen LogP contribution is -2.37. The number of nitrogens with one attached hydrogen (secondary N) is 1. The van der Waals surface area contributed by atoms with E-state index in [4.69, 9.17) is 19.1 Å². The normalized spacial score (nSPS) is 14.1. The van der Waals surface area contributed by atoms with E-state index in [0.29, 0.717) is 25.7 Å². The van der Waals surface area contributed by atoms with Gasteiger partial charge in [0, 0.05) is 35.6 Å². The number of hydrogen-bond acceptors (Lipinski definition) is 7. The third-order valence-corrected chi connectivity index (χ3v) is 5.93. The van der Waals surface area contributed by atoms with Gasteiger partial charge in [-0.05, 0) is 35.9 Å². The standard InChI is InChI=1S/C26H23N5O2/c1-2-7-24-20(6-1)22(17-33-24)18-8-9-21-23(15-18)29-26(31-11-13-32-14-12-31)30-25(21)28-16-19-5-3-4-10-27-19/h1-10,15,17H,11-14,16H2,(H,28,29,30). The van der Waals surface area contributed by atoms with Crippen molar-refractivity contribution in [1.29, 1.82) is 0 Å². The first kappa shape index (κ1) is 19.7. The van der Waals surface area contributed by atoms with Crippen molar-refractivity contribution >= 4 is 33.6 Å². The van der Waals surface area contributed by atoms with E-state index in [9.17, 15) is 0 Å². The molecule has 1 saturated heterocycles. The molecule has 1 N–H and O–H groups in total. The SMILES string of the molecule is c1ccc(CNc2nc(N3CCOCC3)nc3cc(-c4coc5ccccc45)ccc23)nc1. The molecule has 1 aliphatic rings. The van der Waals surface area contributed by atoms with Crippen LogP contribution in [0.5, 0.6) is 0 Å². The second-order valence-electron chi connectivity index (χ2n) is 8.02. The van der Waals surface area contributed by atoms with Crippen LogP contribution in [0.2, 0.25) is 0 Å². The van der Waals surface area contributed by atoms with Gasteiger partial charge in [0.15, 0.2) is 0 Å². The molecule has 6 rings (SSSR count). The molecule has 1 aliphatic heterocycles. The van der Waals surface area contributed by atoms with Gasteiger partial charge in [-0.3, -0.25) is 4.98 Å². The van der Waals surface area contributed by atoms with E-state index in [1.54, 1.807) is 6.20 Å². The Morgan fingerprint density at radius 3 is 2.67 bits per heavy atom. The summed E-state index contributed by atoms with van der Waals surface area (Å²) in [7, 11) is 0. The molecule has 0 radical (unpaired) electrons. The van der Waals surface area contributed by atoms with Gasteiger partial charge >= 0.3 is 0 Å². The molecule has 2 aromatic carbocycles. The van der Waals surface area contributed by atoms with Crippen molar-refractivity contribution in [2.45, 2.75) is 6.54 Å². The molecule has 7 heteroatoms. The van der Waals surface area contributed by atoms with E-state index in [1.165, 1.54) is 0 Å². The first-order valence-electron chi connectivity index (χ1n) is 11.1. The highest BCUT2D eigenvalue weighted by molar-refractivity contribution is 5.98. The number of aromatic nitrogens is 3. The summed E-state index contributed by atoms with van der Waals surface area (Å²) in [5.74, 6) is 1.51. The van der Waals surface area contributed by atoms with E-state index in [2.05, 4.69) is 39.5 Å². The Balaban J connectivity index is 1.43. The smallest absolute Gasteiger partial charge is 0.228 e. The van der Waals surface area contributed by atoms with Gasteiger partial charge in [0.25, 0.3) is 0 Å². The lowest BCUT2D eigenvalue weighted by molar-refractivity contribution is 0.122. The molecule has 0 unspecified atom stereocenters. The number of anilines is 2. The molecule has 1 fully saturated rings.